The highest BCUT2D eigenvalue weighted by molar-refractivity contribution is 7.89. The minimum Gasteiger partial charge on any atom is -0.373 e. The molecule has 1 saturated heterocycles. The SMILES string of the molecule is C[C@H]1CN(S(=O)(=O)CCNC(=O)CCn2nnc3ccccc3c2=O)C[C@H](C)O1. The van der Waals surface area contributed by atoms with Gasteiger partial charge in [0, 0.05) is 26.1 Å². The number of sulfonamides is 1. The predicted molar refractivity (Wildman–Crippen MR) is 107 cm³/mol. The number of morpholine rings is 1. The molecule has 0 bridgehead atoms. The van der Waals surface area contributed by atoms with Crippen LogP contribution in [0.3, 0.4) is 0 Å². The number of hydrogen-bond donors (Lipinski definition) is 1. The quantitative estimate of drug-likeness (QED) is 0.650. The second kappa shape index (κ2) is 8.97. The lowest BCUT2D eigenvalue weighted by Crippen LogP contribution is -2.49. The minimum absolute atomic E-state index is 0.000413. The van der Waals surface area contributed by atoms with Crippen molar-refractivity contribution in [3.8, 4) is 0 Å². The van der Waals surface area contributed by atoms with Crippen LogP contribution in [-0.2, 0) is 26.1 Å². The maximum atomic E-state index is 12.5. The molecule has 1 aliphatic rings. The molecule has 1 amide bonds. The zero-order chi connectivity index (χ0) is 21.0. The molecule has 1 aromatic carbocycles. The van der Waals surface area contributed by atoms with E-state index in [2.05, 4.69) is 15.6 Å². The lowest BCUT2D eigenvalue weighted by atomic mass is 10.2. The number of aromatic nitrogens is 3. The smallest absolute Gasteiger partial charge is 0.277 e. The van der Waals surface area contributed by atoms with Crippen molar-refractivity contribution < 1.29 is 17.9 Å². The normalized spacial score (nSPS) is 20.6. The van der Waals surface area contributed by atoms with Gasteiger partial charge >= 0.3 is 0 Å². The highest BCUT2D eigenvalue weighted by Crippen LogP contribution is 2.14. The third kappa shape index (κ3) is 5.37. The Morgan fingerprint density at radius 2 is 1.93 bits per heavy atom. The van der Waals surface area contributed by atoms with Gasteiger partial charge in [-0.25, -0.2) is 13.1 Å². The van der Waals surface area contributed by atoms with E-state index in [-0.39, 0.29) is 48.9 Å². The molecule has 1 fully saturated rings. The van der Waals surface area contributed by atoms with Gasteiger partial charge in [-0.2, -0.15) is 4.31 Å². The van der Waals surface area contributed by atoms with E-state index >= 15 is 0 Å². The number of nitrogens with zero attached hydrogens (tertiary/aromatic N) is 4. The van der Waals surface area contributed by atoms with Crippen molar-refractivity contribution in [1.82, 2.24) is 24.6 Å². The Labute approximate surface area is 168 Å². The molecular formula is C18H25N5O5S. The molecule has 158 valence electrons. The van der Waals surface area contributed by atoms with Crippen LogP contribution in [0.2, 0.25) is 0 Å². The van der Waals surface area contributed by atoms with Crippen LogP contribution in [0.4, 0.5) is 0 Å². The molecule has 2 atom stereocenters. The van der Waals surface area contributed by atoms with E-state index in [4.69, 9.17) is 4.74 Å². The van der Waals surface area contributed by atoms with Gasteiger partial charge in [0.2, 0.25) is 15.9 Å². The Morgan fingerprint density at radius 3 is 2.66 bits per heavy atom. The summed E-state index contributed by atoms with van der Waals surface area (Å²) >= 11 is 0. The lowest BCUT2D eigenvalue weighted by Gasteiger charge is -2.34. The zero-order valence-corrected chi connectivity index (χ0v) is 17.3. The van der Waals surface area contributed by atoms with Crippen LogP contribution >= 0.6 is 0 Å². The van der Waals surface area contributed by atoms with Gasteiger partial charge in [0.15, 0.2) is 0 Å². The highest BCUT2D eigenvalue weighted by atomic mass is 32.2. The fourth-order valence-electron chi connectivity index (χ4n) is 3.27. The highest BCUT2D eigenvalue weighted by Gasteiger charge is 2.30. The van der Waals surface area contributed by atoms with Gasteiger partial charge in [-0.05, 0) is 26.0 Å². The van der Waals surface area contributed by atoms with Gasteiger partial charge in [0.05, 0.1) is 29.9 Å². The minimum atomic E-state index is -3.48. The Bertz CT molecular complexity index is 1030. The van der Waals surface area contributed by atoms with Gasteiger partial charge in [-0.1, -0.05) is 17.3 Å². The van der Waals surface area contributed by atoms with E-state index in [9.17, 15) is 18.0 Å². The summed E-state index contributed by atoms with van der Waals surface area (Å²) in [4.78, 5) is 24.4. The number of nitrogens with one attached hydrogen (secondary N) is 1. The molecule has 1 aliphatic heterocycles. The number of ether oxygens (including phenoxy) is 1. The molecule has 0 spiro atoms. The van der Waals surface area contributed by atoms with Crippen LogP contribution in [-0.4, -0.2) is 71.2 Å². The summed E-state index contributed by atoms with van der Waals surface area (Å²) in [6.07, 6.45) is -0.326. The van der Waals surface area contributed by atoms with E-state index in [1.54, 1.807) is 24.3 Å². The average molecular weight is 423 g/mol. The topological polar surface area (TPSA) is 123 Å². The van der Waals surface area contributed by atoms with Crippen molar-refractivity contribution in [3.05, 3.63) is 34.6 Å². The predicted octanol–water partition coefficient (Wildman–Crippen LogP) is -0.263. The number of amides is 1. The number of hydrogen-bond acceptors (Lipinski definition) is 7. The first-order chi connectivity index (χ1) is 13.8. The number of rotatable bonds is 7. The number of fused-ring (bicyclic) bond motifs is 1. The Morgan fingerprint density at radius 1 is 1.24 bits per heavy atom. The van der Waals surface area contributed by atoms with Gasteiger partial charge in [0.25, 0.3) is 5.56 Å². The van der Waals surface area contributed by atoms with Crippen molar-refractivity contribution in [3.63, 3.8) is 0 Å². The fraction of sp³-hybridized carbons (Fsp3) is 0.556. The van der Waals surface area contributed by atoms with E-state index < -0.39 is 10.0 Å². The molecule has 2 aromatic rings. The van der Waals surface area contributed by atoms with Crippen LogP contribution in [0.25, 0.3) is 10.9 Å². The Hall–Kier alpha value is -2.37. The van der Waals surface area contributed by atoms with Crippen LogP contribution in [0.5, 0.6) is 0 Å². The van der Waals surface area contributed by atoms with Gasteiger partial charge in [-0.15, -0.1) is 5.10 Å². The summed E-state index contributed by atoms with van der Waals surface area (Å²) < 4.78 is 33.0. The van der Waals surface area contributed by atoms with E-state index in [0.29, 0.717) is 24.0 Å². The third-order valence-corrected chi connectivity index (χ3v) is 6.45. The summed E-state index contributed by atoms with van der Waals surface area (Å²) in [7, 11) is -3.48. The van der Waals surface area contributed by atoms with Crippen molar-refractivity contribution in [2.75, 3.05) is 25.4 Å². The van der Waals surface area contributed by atoms with Crippen molar-refractivity contribution in [2.24, 2.45) is 0 Å². The molecule has 0 unspecified atom stereocenters. The number of aryl methyl sites for hydroxylation is 1. The van der Waals surface area contributed by atoms with Crippen molar-refractivity contribution in [1.29, 1.82) is 0 Å². The van der Waals surface area contributed by atoms with Gasteiger partial charge < -0.3 is 10.1 Å². The second-order valence-corrected chi connectivity index (χ2v) is 9.21. The molecular weight excluding hydrogens is 398 g/mol. The van der Waals surface area contributed by atoms with E-state index in [0.717, 1.165) is 4.68 Å². The molecule has 0 aliphatic carbocycles. The number of benzene rings is 1. The molecule has 3 rings (SSSR count). The molecule has 0 radical (unpaired) electrons. The van der Waals surface area contributed by atoms with Crippen LogP contribution < -0.4 is 10.9 Å². The first-order valence-electron chi connectivity index (χ1n) is 9.49. The maximum absolute atomic E-state index is 12.5. The van der Waals surface area contributed by atoms with Gasteiger partial charge in [-0.3, -0.25) is 9.59 Å². The first-order valence-corrected chi connectivity index (χ1v) is 11.1. The largest absolute Gasteiger partial charge is 0.373 e. The maximum Gasteiger partial charge on any atom is 0.277 e. The molecule has 0 saturated carbocycles. The Kier molecular flexibility index (Phi) is 6.60. The monoisotopic (exact) mass is 423 g/mol. The van der Waals surface area contributed by atoms with Crippen LogP contribution in [0.15, 0.2) is 29.1 Å². The molecule has 1 aromatic heterocycles. The zero-order valence-electron chi connectivity index (χ0n) is 16.4. The molecule has 11 heteroatoms. The second-order valence-electron chi connectivity index (χ2n) is 7.13. The molecule has 2 heterocycles. The molecule has 29 heavy (non-hydrogen) atoms. The summed E-state index contributed by atoms with van der Waals surface area (Å²) in [6.45, 7) is 4.34. The fourth-order valence-corrected chi connectivity index (χ4v) is 4.76. The Balaban J connectivity index is 1.49. The third-order valence-electron chi connectivity index (χ3n) is 4.64. The number of carbonyl (C=O) groups excluding carboxylic acids is 1. The summed E-state index contributed by atoms with van der Waals surface area (Å²) in [6, 6.07) is 6.84. The van der Waals surface area contributed by atoms with Crippen molar-refractivity contribution >= 4 is 26.8 Å². The number of carbonyl (C=O) groups is 1. The lowest BCUT2D eigenvalue weighted by molar-refractivity contribution is -0.121. The molecule has 10 nitrogen and oxygen atoms in total. The average Bonchev–Trinajstić information content (AvgIpc) is 2.67. The standard InChI is InChI=1S/C18H25N5O5S/c1-13-11-22(12-14(2)28-13)29(26,27)10-8-19-17(24)7-9-23-18(25)15-5-3-4-6-16(15)20-21-23/h3-6,13-14H,7-12H2,1-2H3,(H,19,24)/t13-,14-/m0/s1. The van der Waals surface area contributed by atoms with E-state index in [1.807, 2.05) is 13.8 Å². The van der Waals surface area contributed by atoms with E-state index in [1.165, 1.54) is 4.31 Å². The van der Waals surface area contributed by atoms with Crippen LogP contribution in [0.1, 0.15) is 20.3 Å². The summed E-state index contributed by atoms with van der Waals surface area (Å²) in [5.41, 5.74) is 0.177. The van der Waals surface area contributed by atoms with Crippen LogP contribution in [0, 0.1) is 0 Å². The molecule has 1 N–H and O–H groups in total. The first kappa shape index (κ1) is 21.3. The summed E-state index contributed by atoms with van der Waals surface area (Å²) in [5, 5.41) is 10.8. The van der Waals surface area contributed by atoms with Gasteiger partial charge in [0.1, 0.15) is 5.52 Å². The van der Waals surface area contributed by atoms with Crippen molar-refractivity contribution in [2.45, 2.75) is 39.0 Å². The summed E-state index contributed by atoms with van der Waals surface area (Å²) in [5.74, 6) is -0.542.